The zero-order valence-electron chi connectivity index (χ0n) is 13.7. The molecule has 126 valence electrons. The van der Waals surface area contributed by atoms with Crippen LogP contribution in [0.2, 0.25) is 0 Å². The average molecular weight is 328 g/mol. The summed E-state index contributed by atoms with van der Waals surface area (Å²) in [4.78, 5) is 20.5. The molecular formula is C18H21FN4O. The highest BCUT2D eigenvalue weighted by atomic mass is 19.1. The number of carbonyl (C=O) groups excluding carboxylic acids is 1. The zero-order valence-corrected chi connectivity index (χ0v) is 13.7. The van der Waals surface area contributed by atoms with Gasteiger partial charge in [0, 0.05) is 38.9 Å². The lowest BCUT2D eigenvalue weighted by molar-refractivity contribution is 0.194. The van der Waals surface area contributed by atoms with Crippen molar-refractivity contribution < 1.29 is 9.18 Å². The summed E-state index contributed by atoms with van der Waals surface area (Å²) in [7, 11) is 0. The summed E-state index contributed by atoms with van der Waals surface area (Å²) in [6, 6.07) is 10.7. The summed E-state index contributed by atoms with van der Waals surface area (Å²) >= 11 is 0. The Morgan fingerprint density at radius 1 is 1.21 bits per heavy atom. The van der Waals surface area contributed by atoms with Gasteiger partial charge in [-0.1, -0.05) is 18.2 Å². The Morgan fingerprint density at radius 3 is 2.67 bits per heavy atom. The number of amides is 2. The fourth-order valence-corrected chi connectivity index (χ4v) is 2.72. The van der Waals surface area contributed by atoms with Gasteiger partial charge in [-0.2, -0.15) is 0 Å². The Labute approximate surface area is 141 Å². The van der Waals surface area contributed by atoms with Crippen LogP contribution < -0.4 is 10.2 Å². The molecule has 0 saturated carbocycles. The molecule has 1 N–H and O–H groups in total. The van der Waals surface area contributed by atoms with Crippen molar-refractivity contribution in [3.8, 4) is 0 Å². The minimum absolute atomic E-state index is 0.114. The Kier molecular flexibility index (Phi) is 4.93. The van der Waals surface area contributed by atoms with Gasteiger partial charge < -0.3 is 15.1 Å². The predicted molar refractivity (Wildman–Crippen MR) is 91.4 cm³/mol. The smallest absolute Gasteiger partial charge is 0.317 e. The molecule has 2 amide bonds. The Morgan fingerprint density at radius 2 is 2.00 bits per heavy atom. The van der Waals surface area contributed by atoms with E-state index in [9.17, 15) is 9.18 Å². The normalized spacial score (nSPS) is 14.6. The van der Waals surface area contributed by atoms with Crippen LogP contribution >= 0.6 is 0 Å². The van der Waals surface area contributed by atoms with E-state index in [-0.39, 0.29) is 11.8 Å². The van der Waals surface area contributed by atoms with E-state index in [0.717, 1.165) is 24.5 Å². The van der Waals surface area contributed by atoms with Crippen LogP contribution in [0.25, 0.3) is 0 Å². The summed E-state index contributed by atoms with van der Waals surface area (Å²) in [5.74, 6) is 0.693. The highest BCUT2D eigenvalue weighted by Crippen LogP contribution is 2.13. The first-order chi connectivity index (χ1) is 11.6. The van der Waals surface area contributed by atoms with Crippen LogP contribution in [0.15, 0.2) is 42.6 Å². The molecule has 0 atom stereocenters. The Balaban J connectivity index is 1.49. The van der Waals surface area contributed by atoms with E-state index in [1.807, 2.05) is 24.3 Å². The molecule has 2 aromatic rings. The largest absolute Gasteiger partial charge is 0.353 e. The van der Waals surface area contributed by atoms with Crippen molar-refractivity contribution in [2.45, 2.75) is 13.5 Å². The molecule has 3 rings (SSSR count). The van der Waals surface area contributed by atoms with Crippen molar-refractivity contribution in [3.63, 3.8) is 0 Å². The molecule has 2 heterocycles. The van der Waals surface area contributed by atoms with Gasteiger partial charge in [-0.15, -0.1) is 0 Å². The molecule has 0 bridgehead atoms. The number of halogens is 1. The molecule has 24 heavy (non-hydrogen) atoms. The molecule has 1 aromatic heterocycles. The third-order valence-corrected chi connectivity index (χ3v) is 4.22. The van der Waals surface area contributed by atoms with Gasteiger partial charge in [0.15, 0.2) is 0 Å². The van der Waals surface area contributed by atoms with Crippen LogP contribution in [0.3, 0.4) is 0 Å². The van der Waals surface area contributed by atoms with Crippen molar-refractivity contribution >= 4 is 11.8 Å². The number of nitrogens with one attached hydrogen (secondary N) is 1. The maximum atomic E-state index is 13.5. The van der Waals surface area contributed by atoms with Crippen LogP contribution in [0, 0.1) is 12.7 Å². The number of aromatic nitrogens is 1. The second-order valence-corrected chi connectivity index (χ2v) is 5.90. The first-order valence-corrected chi connectivity index (χ1v) is 8.07. The summed E-state index contributed by atoms with van der Waals surface area (Å²) in [5.41, 5.74) is 1.37. The molecule has 0 unspecified atom stereocenters. The summed E-state index contributed by atoms with van der Waals surface area (Å²) in [6.45, 7) is 4.85. The second kappa shape index (κ2) is 7.29. The number of carbonyl (C=O) groups is 1. The van der Waals surface area contributed by atoms with Crippen molar-refractivity contribution in [2.24, 2.45) is 0 Å². The molecule has 5 nitrogen and oxygen atoms in total. The quantitative estimate of drug-likeness (QED) is 0.942. The molecule has 1 fully saturated rings. The molecule has 1 aromatic carbocycles. The number of rotatable bonds is 3. The monoisotopic (exact) mass is 328 g/mol. The maximum Gasteiger partial charge on any atom is 0.317 e. The third-order valence-electron chi connectivity index (χ3n) is 4.22. The van der Waals surface area contributed by atoms with E-state index in [2.05, 4.69) is 15.2 Å². The predicted octanol–water partition coefficient (Wildman–Crippen LogP) is 2.56. The number of pyridine rings is 1. The molecule has 0 spiro atoms. The Hall–Kier alpha value is -2.63. The summed E-state index contributed by atoms with van der Waals surface area (Å²) < 4.78 is 13.5. The first-order valence-electron chi connectivity index (χ1n) is 8.07. The van der Waals surface area contributed by atoms with Crippen LogP contribution in [0.4, 0.5) is 15.0 Å². The maximum absolute atomic E-state index is 13.5. The van der Waals surface area contributed by atoms with Gasteiger partial charge in [-0.25, -0.2) is 14.2 Å². The minimum Gasteiger partial charge on any atom is -0.353 e. The standard InChI is InChI=1S/C18H21FN4O/c1-14-5-6-15(12-16(14)19)13-21-18(24)23-10-8-22(9-11-23)17-4-2-3-7-20-17/h2-7,12H,8-11,13H2,1H3,(H,21,24). The number of hydrogen-bond donors (Lipinski definition) is 1. The average Bonchev–Trinajstić information content (AvgIpc) is 2.63. The zero-order chi connectivity index (χ0) is 16.9. The highest BCUT2D eigenvalue weighted by Gasteiger charge is 2.21. The van der Waals surface area contributed by atoms with E-state index < -0.39 is 0 Å². The number of urea groups is 1. The number of hydrogen-bond acceptors (Lipinski definition) is 3. The molecular weight excluding hydrogens is 307 g/mol. The number of benzene rings is 1. The van der Waals surface area contributed by atoms with Gasteiger partial charge >= 0.3 is 6.03 Å². The number of anilines is 1. The fraction of sp³-hybridized carbons (Fsp3) is 0.333. The third kappa shape index (κ3) is 3.82. The van der Waals surface area contributed by atoms with Gasteiger partial charge in [0.2, 0.25) is 0 Å². The van der Waals surface area contributed by atoms with E-state index in [1.165, 1.54) is 6.07 Å². The second-order valence-electron chi connectivity index (χ2n) is 5.90. The van der Waals surface area contributed by atoms with Gasteiger partial charge in [-0.3, -0.25) is 0 Å². The SMILES string of the molecule is Cc1ccc(CNC(=O)N2CCN(c3ccccn3)CC2)cc1F. The minimum atomic E-state index is -0.245. The van der Waals surface area contributed by atoms with E-state index in [1.54, 1.807) is 24.1 Å². The molecule has 1 aliphatic heterocycles. The van der Waals surface area contributed by atoms with Gasteiger partial charge in [0.25, 0.3) is 0 Å². The van der Waals surface area contributed by atoms with Crippen LogP contribution in [0.5, 0.6) is 0 Å². The van der Waals surface area contributed by atoms with E-state index in [4.69, 9.17) is 0 Å². The summed E-state index contributed by atoms with van der Waals surface area (Å²) in [6.07, 6.45) is 1.77. The lowest BCUT2D eigenvalue weighted by Gasteiger charge is -2.35. The molecule has 0 radical (unpaired) electrons. The van der Waals surface area contributed by atoms with Crippen LogP contribution in [0.1, 0.15) is 11.1 Å². The molecule has 1 aliphatic rings. The van der Waals surface area contributed by atoms with E-state index >= 15 is 0 Å². The lowest BCUT2D eigenvalue weighted by atomic mass is 10.1. The van der Waals surface area contributed by atoms with Gasteiger partial charge in [-0.05, 0) is 36.2 Å². The molecule has 0 aliphatic carbocycles. The van der Waals surface area contributed by atoms with Crippen LogP contribution in [-0.2, 0) is 6.54 Å². The van der Waals surface area contributed by atoms with Gasteiger partial charge in [0.1, 0.15) is 11.6 Å². The number of nitrogens with zero attached hydrogens (tertiary/aromatic N) is 3. The van der Waals surface area contributed by atoms with Crippen molar-refractivity contribution in [3.05, 3.63) is 59.5 Å². The summed E-state index contributed by atoms with van der Waals surface area (Å²) in [5, 5.41) is 2.86. The Bertz CT molecular complexity index is 699. The fourth-order valence-electron chi connectivity index (χ4n) is 2.72. The lowest BCUT2D eigenvalue weighted by Crippen LogP contribution is -2.51. The highest BCUT2D eigenvalue weighted by molar-refractivity contribution is 5.74. The topological polar surface area (TPSA) is 48.5 Å². The van der Waals surface area contributed by atoms with Crippen molar-refractivity contribution in [1.29, 1.82) is 0 Å². The van der Waals surface area contributed by atoms with Crippen molar-refractivity contribution in [2.75, 3.05) is 31.1 Å². The van der Waals surface area contributed by atoms with Crippen LogP contribution in [-0.4, -0.2) is 42.1 Å². The number of aryl methyl sites for hydroxylation is 1. The van der Waals surface area contributed by atoms with Gasteiger partial charge in [0.05, 0.1) is 0 Å². The van der Waals surface area contributed by atoms with Crippen molar-refractivity contribution in [1.82, 2.24) is 15.2 Å². The number of piperazine rings is 1. The molecule has 6 heteroatoms. The molecule has 1 saturated heterocycles. The first kappa shape index (κ1) is 16.2. The van der Waals surface area contributed by atoms with E-state index in [0.29, 0.717) is 25.2 Å².